The quantitative estimate of drug-likeness (QED) is 0.316. The molecule has 0 atom stereocenters. The van der Waals surface area contributed by atoms with E-state index in [0.717, 1.165) is 11.4 Å². The minimum atomic E-state index is -4.38. The van der Waals surface area contributed by atoms with Crippen LogP contribution in [0, 0.1) is 0 Å². The highest BCUT2D eigenvalue weighted by Gasteiger charge is 2.28. The zero-order valence-electron chi connectivity index (χ0n) is 9.11. The first-order valence-electron chi connectivity index (χ1n) is 4.55. The molecule has 0 aliphatic heterocycles. The van der Waals surface area contributed by atoms with Gasteiger partial charge in [-0.1, -0.05) is 5.16 Å². The molecule has 0 amide bonds. The van der Waals surface area contributed by atoms with Crippen molar-refractivity contribution in [3.8, 4) is 0 Å². The van der Waals surface area contributed by atoms with Crippen LogP contribution < -0.4 is 5.73 Å². The number of amidine groups is 1. The Balaban J connectivity index is 4.29. The summed E-state index contributed by atoms with van der Waals surface area (Å²) in [5.41, 5.74) is 5.08. The van der Waals surface area contributed by atoms with Crippen LogP contribution >= 0.6 is 0 Å². The summed E-state index contributed by atoms with van der Waals surface area (Å²) in [7, 11) is -2.69. The number of likely N-dealkylation sites (N-methyl/N-ethyl adjacent to an activating group) is 1. The van der Waals surface area contributed by atoms with Crippen molar-refractivity contribution in [2.45, 2.75) is 19.0 Å². The van der Waals surface area contributed by atoms with Gasteiger partial charge in [0.1, 0.15) is 0 Å². The maximum absolute atomic E-state index is 11.8. The molecule has 0 radical (unpaired) electrons. The number of nitrogens with two attached hydrogens (primary N) is 1. The first kappa shape index (κ1) is 16.0. The molecule has 102 valence electrons. The SMILES string of the molecule is CN(CC(N)=NO)S(=O)(=O)CCCC(F)(F)F. The van der Waals surface area contributed by atoms with Crippen molar-refractivity contribution in [2.75, 3.05) is 19.3 Å². The molecule has 0 aromatic carbocycles. The lowest BCUT2D eigenvalue weighted by atomic mass is 10.3. The van der Waals surface area contributed by atoms with E-state index in [1.54, 1.807) is 0 Å². The molecule has 0 saturated carbocycles. The Bertz CT molecular complexity index is 366. The van der Waals surface area contributed by atoms with E-state index in [9.17, 15) is 21.6 Å². The van der Waals surface area contributed by atoms with Crippen LogP contribution in [0.15, 0.2) is 5.16 Å². The number of rotatable bonds is 6. The molecule has 0 aromatic rings. The summed E-state index contributed by atoms with van der Waals surface area (Å²) in [5.74, 6) is -0.978. The topological polar surface area (TPSA) is 96.0 Å². The average Bonchev–Trinajstić information content (AvgIpc) is 2.14. The van der Waals surface area contributed by atoms with Crippen molar-refractivity contribution in [1.29, 1.82) is 0 Å². The van der Waals surface area contributed by atoms with Crippen LogP contribution in [0.4, 0.5) is 13.2 Å². The molecule has 0 spiro atoms. The fourth-order valence-corrected chi connectivity index (χ4v) is 2.12. The Labute approximate surface area is 96.9 Å². The molecule has 0 unspecified atom stereocenters. The number of nitrogens with zero attached hydrogens (tertiary/aromatic N) is 2. The standard InChI is InChI=1S/C7H14F3N3O3S/c1-13(5-6(11)12-14)17(15,16)4-2-3-7(8,9)10/h14H,2-5H2,1H3,(H2,11,12). The van der Waals surface area contributed by atoms with E-state index in [-0.39, 0.29) is 12.4 Å². The largest absolute Gasteiger partial charge is 0.409 e. The van der Waals surface area contributed by atoms with E-state index in [4.69, 9.17) is 10.9 Å². The molecule has 0 bridgehead atoms. The third-order valence-corrected chi connectivity index (χ3v) is 3.73. The molecule has 0 fully saturated rings. The Morgan fingerprint density at radius 2 is 2.00 bits per heavy atom. The number of halogens is 3. The van der Waals surface area contributed by atoms with Gasteiger partial charge in [-0.2, -0.15) is 17.5 Å². The van der Waals surface area contributed by atoms with Crippen LogP contribution in [0.2, 0.25) is 0 Å². The Morgan fingerprint density at radius 1 is 1.47 bits per heavy atom. The molecule has 0 aliphatic carbocycles. The Morgan fingerprint density at radius 3 is 2.41 bits per heavy atom. The molecule has 0 rings (SSSR count). The van der Waals surface area contributed by atoms with Gasteiger partial charge in [-0.05, 0) is 6.42 Å². The lowest BCUT2D eigenvalue weighted by molar-refractivity contribution is -0.134. The van der Waals surface area contributed by atoms with Crippen LogP contribution in [0.5, 0.6) is 0 Å². The zero-order chi connectivity index (χ0) is 13.7. The summed E-state index contributed by atoms with van der Waals surface area (Å²) < 4.78 is 59.1. The normalized spacial score (nSPS) is 14.3. The number of sulfonamides is 1. The van der Waals surface area contributed by atoms with Crippen LogP contribution in [0.25, 0.3) is 0 Å². The molecule has 17 heavy (non-hydrogen) atoms. The van der Waals surface area contributed by atoms with E-state index < -0.39 is 34.8 Å². The van der Waals surface area contributed by atoms with Crippen molar-refractivity contribution in [3.05, 3.63) is 0 Å². The third-order valence-electron chi connectivity index (χ3n) is 1.85. The minimum Gasteiger partial charge on any atom is -0.409 e. The van der Waals surface area contributed by atoms with Crippen LogP contribution in [-0.4, -0.2) is 49.3 Å². The average molecular weight is 277 g/mol. The molecule has 10 heteroatoms. The van der Waals surface area contributed by atoms with Gasteiger partial charge in [0.05, 0.1) is 12.3 Å². The summed E-state index contributed by atoms with van der Waals surface area (Å²) in [4.78, 5) is 0. The minimum absolute atomic E-state index is 0.341. The highest BCUT2D eigenvalue weighted by Crippen LogP contribution is 2.21. The van der Waals surface area contributed by atoms with Crippen molar-refractivity contribution in [3.63, 3.8) is 0 Å². The molecule has 0 aliphatic rings. The highest BCUT2D eigenvalue weighted by molar-refractivity contribution is 7.89. The van der Waals surface area contributed by atoms with E-state index >= 15 is 0 Å². The monoisotopic (exact) mass is 277 g/mol. The first-order valence-corrected chi connectivity index (χ1v) is 6.16. The smallest absolute Gasteiger partial charge is 0.389 e. The molecule has 0 aromatic heterocycles. The lowest BCUT2D eigenvalue weighted by Gasteiger charge is -2.16. The van der Waals surface area contributed by atoms with Gasteiger partial charge in [0, 0.05) is 13.5 Å². The van der Waals surface area contributed by atoms with Crippen LogP contribution in [0.3, 0.4) is 0 Å². The first-order chi connectivity index (χ1) is 7.58. The van der Waals surface area contributed by atoms with Gasteiger partial charge in [0.2, 0.25) is 10.0 Å². The van der Waals surface area contributed by atoms with Crippen molar-refractivity contribution in [1.82, 2.24) is 4.31 Å². The fraction of sp³-hybridized carbons (Fsp3) is 0.857. The van der Waals surface area contributed by atoms with Gasteiger partial charge in [0.25, 0.3) is 0 Å². The third kappa shape index (κ3) is 7.00. The van der Waals surface area contributed by atoms with Gasteiger partial charge in [-0.15, -0.1) is 0 Å². The molecule has 3 N–H and O–H groups in total. The summed E-state index contributed by atoms with van der Waals surface area (Å²) in [6.45, 7) is -0.370. The molecule has 0 saturated heterocycles. The molecular weight excluding hydrogens is 263 g/mol. The Kier molecular flexibility index (Phi) is 5.69. The maximum Gasteiger partial charge on any atom is 0.389 e. The van der Waals surface area contributed by atoms with E-state index in [1.165, 1.54) is 0 Å². The summed E-state index contributed by atoms with van der Waals surface area (Å²) >= 11 is 0. The summed E-state index contributed by atoms with van der Waals surface area (Å²) in [6, 6.07) is 0. The van der Waals surface area contributed by atoms with Crippen LogP contribution in [0.1, 0.15) is 12.8 Å². The van der Waals surface area contributed by atoms with Crippen molar-refractivity contribution >= 4 is 15.9 Å². The number of alkyl halides is 3. The summed E-state index contributed by atoms with van der Waals surface area (Å²) in [5, 5.41) is 10.8. The second-order valence-corrected chi connectivity index (χ2v) is 5.58. The fourth-order valence-electron chi connectivity index (χ4n) is 0.969. The van der Waals surface area contributed by atoms with Gasteiger partial charge in [-0.25, -0.2) is 8.42 Å². The van der Waals surface area contributed by atoms with Crippen molar-refractivity contribution < 1.29 is 26.8 Å². The number of hydrogen-bond acceptors (Lipinski definition) is 4. The van der Waals surface area contributed by atoms with Crippen molar-refractivity contribution in [2.24, 2.45) is 10.9 Å². The lowest BCUT2D eigenvalue weighted by Crippen LogP contribution is -2.37. The Hall–Kier alpha value is -1.03. The number of oxime groups is 1. The summed E-state index contributed by atoms with van der Waals surface area (Å²) in [6.07, 6.45) is -6.06. The van der Waals surface area contributed by atoms with Gasteiger partial charge in [0.15, 0.2) is 5.84 Å². The maximum atomic E-state index is 11.8. The molecule has 6 nitrogen and oxygen atoms in total. The van der Waals surface area contributed by atoms with Gasteiger partial charge < -0.3 is 10.9 Å². The second-order valence-electron chi connectivity index (χ2n) is 3.38. The molecule has 0 heterocycles. The van der Waals surface area contributed by atoms with E-state index in [0.29, 0.717) is 0 Å². The van der Waals surface area contributed by atoms with Crippen LogP contribution in [-0.2, 0) is 10.0 Å². The van der Waals surface area contributed by atoms with Gasteiger partial charge >= 0.3 is 6.18 Å². The zero-order valence-corrected chi connectivity index (χ0v) is 9.92. The molecular formula is C7H14F3N3O3S. The number of hydrogen-bond donors (Lipinski definition) is 2. The highest BCUT2D eigenvalue weighted by atomic mass is 32.2. The predicted octanol–water partition coefficient (Wildman–Crippen LogP) is 0.337. The van der Waals surface area contributed by atoms with Gasteiger partial charge in [-0.3, -0.25) is 0 Å². The van der Waals surface area contributed by atoms with E-state index in [1.807, 2.05) is 0 Å². The van der Waals surface area contributed by atoms with E-state index in [2.05, 4.69) is 5.16 Å². The predicted molar refractivity (Wildman–Crippen MR) is 55.1 cm³/mol. The second kappa shape index (κ2) is 6.05.